The van der Waals surface area contributed by atoms with E-state index in [1.807, 2.05) is 60.7 Å². The van der Waals surface area contributed by atoms with E-state index < -0.39 is 9.93 Å². The summed E-state index contributed by atoms with van der Waals surface area (Å²) >= 11 is 0. The van der Waals surface area contributed by atoms with Gasteiger partial charge in [0.15, 0.2) is 19.7 Å². The van der Waals surface area contributed by atoms with Gasteiger partial charge in [-0.3, -0.25) is 0 Å². The van der Waals surface area contributed by atoms with Crippen molar-refractivity contribution in [2.24, 2.45) is 0 Å². The summed E-state index contributed by atoms with van der Waals surface area (Å²) in [5.74, 6) is 0.136. The summed E-state index contributed by atoms with van der Waals surface area (Å²) in [6.07, 6.45) is 1.45. The van der Waals surface area contributed by atoms with E-state index in [1.165, 1.54) is 6.08 Å². The molecule has 0 atom stereocenters. The number of nitriles is 2. The number of hydrogen-bond acceptors (Lipinski definition) is 3. The Labute approximate surface area is 125 Å². The summed E-state index contributed by atoms with van der Waals surface area (Å²) in [4.78, 5) is 1.39. The largest absolute Gasteiger partial charge is 0.192 e. The minimum atomic E-state index is -2.54. The molecule has 0 bridgehead atoms. The van der Waals surface area contributed by atoms with Gasteiger partial charge in [0.05, 0.1) is 0 Å². The minimum absolute atomic E-state index is 0.0189. The number of allylic oxidation sites excluding steroid dienone is 1. The lowest BCUT2D eigenvalue weighted by Gasteiger charge is -2.10. The van der Waals surface area contributed by atoms with E-state index in [2.05, 4.69) is 0 Å². The van der Waals surface area contributed by atoms with Crippen molar-refractivity contribution in [3.8, 4) is 12.1 Å². The summed E-state index contributed by atoms with van der Waals surface area (Å²) in [5.41, 5.74) is -0.0189. The van der Waals surface area contributed by atoms with Gasteiger partial charge in [-0.1, -0.05) is 40.6 Å². The van der Waals surface area contributed by atoms with Gasteiger partial charge in [-0.2, -0.15) is 10.5 Å². The van der Waals surface area contributed by atoms with Crippen molar-refractivity contribution >= 4 is 9.93 Å². The molecule has 3 nitrogen and oxygen atoms in total. The first-order valence-corrected chi connectivity index (χ1v) is 8.06. The summed E-state index contributed by atoms with van der Waals surface area (Å²) in [6.45, 7) is 0. The molecule has 2 aromatic carbocycles. The van der Waals surface area contributed by atoms with Crippen LogP contribution in [-0.2, 0) is 14.1 Å². The zero-order chi connectivity index (χ0) is 15.1. The second-order valence-electron chi connectivity index (χ2n) is 4.31. The highest BCUT2D eigenvalue weighted by molar-refractivity contribution is 8.03. The number of nitrogens with zero attached hydrogens (tertiary/aromatic N) is 2. The van der Waals surface area contributed by atoms with Gasteiger partial charge in [0.25, 0.3) is 0 Å². The quantitative estimate of drug-likeness (QED) is 0.639. The van der Waals surface area contributed by atoms with E-state index >= 15 is 0 Å². The molecule has 0 N–H and O–H groups in total. The molecule has 2 rings (SSSR count). The topological polar surface area (TPSA) is 64.7 Å². The SMILES string of the molecule is N#CC(C#N)=CC[S+](=O)(c1ccccc1)c1ccccc1. The highest BCUT2D eigenvalue weighted by Crippen LogP contribution is 2.29. The Morgan fingerprint density at radius 1 is 0.905 bits per heavy atom. The first-order valence-electron chi connectivity index (χ1n) is 6.33. The Hall–Kier alpha value is -2.69. The van der Waals surface area contributed by atoms with E-state index in [9.17, 15) is 4.21 Å². The van der Waals surface area contributed by atoms with Gasteiger partial charge in [-0.25, -0.2) is 0 Å². The van der Waals surface area contributed by atoms with Crippen LogP contribution in [0.3, 0.4) is 0 Å². The molecular weight excluding hydrogens is 280 g/mol. The predicted molar refractivity (Wildman–Crippen MR) is 81.6 cm³/mol. The van der Waals surface area contributed by atoms with E-state index in [0.29, 0.717) is 9.79 Å². The van der Waals surface area contributed by atoms with Crippen molar-refractivity contribution in [1.82, 2.24) is 0 Å². The van der Waals surface area contributed by atoms with E-state index in [4.69, 9.17) is 10.5 Å². The monoisotopic (exact) mass is 293 g/mol. The molecule has 2 aromatic rings. The van der Waals surface area contributed by atoms with Gasteiger partial charge in [-0.05, 0) is 30.3 Å². The third-order valence-electron chi connectivity index (χ3n) is 3.01. The molecule has 4 heteroatoms. The van der Waals surface area contributed by atoms with Crippen LogP contribution in [0.1, 0.15) is 0 Å². The van der Waals surface area contributed by atoms with Crippen LogP contribution in [-0.4, -0.2) is 5.75 Å². The number of rotatable bonds is 4. The maximum absolute atomic E-state index is 13.5. The lowest BCUT2D eigenvalue weighted by Crippen LogP contribution is -2.15. The van der Waals surface area contributed by atoms with Crippen molar-refractivity contribution < 1.29 is 4.21 Å². The van der Waals surface area contributed by atoms with Gasteiger partial charge in [0.1, 0.15) is 23.5 Å². The Morgan fingerprint density at radius 3 is 1.71 bits per heavy atom. The summed E-state index contributed by atoms with van der Waals surface area (Å²) in [5, 5.41) is 17.7. The van der Waals surface area contributed by atoms with Crippen molar-refractivity contribution in [2.45, 2.75) is 9.79 Å². The normalized spacial score (nSPS) is 10.2. The maximum Gasteiger partial charge on any atom is 0.163 e. The van der Waals surface area contributed by atoms with Crippen LogP contribution in [0.2, 0.25) is 0 Å². The zero-order valence-corrected chi connectivity index (χ0v) is 12.1. The first kappa shape index (κ1) is 14.7. The first-order chi connectivity index (χ1) is 10.2. The van der Waals surface area contributed by atoms with Crippen LogP contribution < -0.4 is 0 Å². The van der Waals surface area contributed by atoms with Gasteiger partial charge in [-0.15, -0.1) is 0 Å². The second kappa shape index (κ2) is 6.65. The Kier molecular flexibility index (Phi) is 4.66. The van der Waals surface area contributed by atoms with Crippen molar-refractivity contribution in [1.29, 1.82) is 10.5 Å². The third kappa shape index (κ3) is 3.25. The third-order valence-corrected chi connectivity index (χ3v) is 5.71. The molecule has 0 fully saturated rings. The van der Waals surface area contributed by atoms with Gasteiger partial charge in [0.2, 0.25) is 0 Å². The number of benzene rings is 2. The van der Waals surface area contributed by atoms with Crippen molar-refractivity contribution in [3.05, 3.63) is 72.3 Å². The molecule has 0 saturated carbocycles. The highest BCUT2D eigenvalue weighted by Gasteiger charge is 2.33. The molecule has 0 radical (unpaired) electrons. The zero-order valence-electron chi connectivity index (χ0n) is 11.3. The Morgan fingerprint density at radius 2 is 1.33 bits per heavy atom. The van der Waals surface area contributed by atoms with Crippen molar-refractivity contribution in [3.63, 3.8) is 0 Å². The Bertz CT molecular complexity index is 708. The van der Waals surface area contributed by atoms with Crippen LogP contribution in [0.25, 0.3) is 0 Å². The van der Waals surface area contributed by atoms with E-state index in [0.717, 1.165) is 0 Å². The van der Waals surface area contributed by atoms with Crippen LogP contribution in [0.5, 0.6) is 0 Å². The summed E-state index contributed by atoms with van der Waals surface area (Å²) in [6, 6.07) is 21.9. The molecule has 0 saturated heterocycles. The van der Waals surface area contributed by atoms with Crippen molar-refractivity contribution in [2.75, 3.05) is 5.75 Å². The van der Waals surface area contributed by atoms with Crippen LogP contribution in [0, 0.1) is 22.7 Å². The lowest BCUT2D eigenvalue weighted by molar-refractivity contribution is 0.585. The summed E-state index contributed by atoms with van der Waals surface area (Å²) < 4.78 is 13.5. The fraction of sp³-hybridized carbons (Fsp3) is 0.0588. The molecule has 102 valence electrons. The van der Waals surface area contributed by atoms with E-state index in [-0.39, 0.29) is 11.3 Å². The second-order valence-corrected chi connectivity index (χ2v) is 6.94. The van der Waals surface area contributed by atoms with Gasteiger partial charge < -0.3 is 0 Å². The molecule has 0 heterocycles. The minimum Gasteiger partial charge on any atom is -0.192 e. The van der Waals surface area contributed by atoms with Gasteiger partial charge in [0, 0.05) is 0 Å². The smallest absolute Gasteiger partial charge is 0.163 e. The molecule has 0 aromatic heterocycles. The van der Waals surface area contributed by atoms with E-state index in [1.54, 1.807) is 12.1 Å². The standard InChI is InChI=1S/C17H13N2OS/c18-13-15(14-19)11-12-21(20,16-7-3-1-4-8-16)17-9-5-2-6-10-17/h1-11H,12H2/q+1. The fourth-order valence-corrected chi connectivity index (χ4v) is 4.18. The molecule has 0 aliphatic heterocycles. The number of hydrogen-bond donors (Lipinski definition) is 0. The lowest BCUT2D eigenvalue weighted by atomic mass is 10.3. The molecule has 0 amide bonds. The average molecular weight is 293 g/mol. The summed E-state index contributed by atoms with van der Waals surface area (Å²) in [7, 11) is -2.54. The molecular formula is C17H13N2OS+. The fourth-order valence-electron chi connectivity index (χ4n) is 1.93. The van der Waals surface area contributed by atoms with Crippen LogP contribution >= 0.6 is 0 Å². The van der Waals surface area contributed by atoms with Crippen LogP contribution in [0.15, 0.2) is 82.1 Å². The molecule has 0 unspecified atom stereocenters. The Balaban J connectivity index is 2.52. The predicted octanol–water partition coefficient (Wildman–Crippen LogP) is 3.58. The molecule has 21 heavy (non-hydrogen) atoms. The maximum atomic E-state index is 13.5. The van der Waals surface area contributed by atoms with Gasteiger partial charge >= 0.3 is 0 Å². The highest BCUT2D eigenvalue weighted by atomic mass is 32.2. The molecule has 0 aliphatic carbocycles. The molecule has 0 aliphatic rings. The van der Waals surface area contributed by atoms with Crippen LogP contribution in [0.4, 0.5) is 0 Å². The molecule has 0 spiro atoms. The average Bonchev–Trinajstić information content (AvgIpc) is 2.57.